The van der Waals surface area contributed by atoms with Gasteiger partial charge in [-0.1, -0.05) is 15.9 Å². The van der Waals surface area contributed by atoms with Gasteiger partial charge in [0.1, 0.15) is 5.56 Å². The number of aryl methyl sites for hydroxylation is 1. The number of pyridine rings is 1. The summed E-state index contributed by atoms with van der Waals surface area (Å²) in [6.07, 6.45) is 1.08. The highest BCUT2D eigenvalue weighted by Gasteiger charge is 2.28. The number of nitrogens with one attached hydrogen (secondary N) is 1. The molecule has 1 aliphatic rings. The minimum Gasteiger partial charge on any atom is -0.478 e. The molecule has 1 aromatic heterocycles. The van der Waals surface area contributed by atoms with E-state index in [1.807, 2.05) is 13.0 Å². The van der Waals surface area contributed by atoms with Crippen LogP contribution in [0.4, 0.5) is 15.8 Å². The Hall–Kier alpha value is -2.15. The van der Waals surface area contributed by atoms with Crippen molar-refractivity contribution in [1.82, 2.24) is 4.57 Å². The molecule has 120 valence electrons. The van der Waals surface area contributed by atoms with Crippen LogP contribution in [0.15, 0.2) is 27.5 Å². The second-order valence-electron chi connectivity index (χ2n) is 5.46. The molecule has 0 aliphatic carbocycles. The molecular formula is C16H14BrFN2O3. The van der Waals surface area contributed by atoms with Crippen molar-refractivity contribution in [2.45, 2.75) is 26.3 Å². The van der Waals surface area contributed by atoms with Gasteiger partial charge in [-0.05, 0) is 43.5 Å². The van der Waals surface area contributed by atoms with Crippen LogP contribution in [0.1, 0.15) is 28.0 Å². The first-order valence-electron chi connectivity index (χ1n) is 7.11. The molecule has 23 heavy (non-hydrogen) atoms. The van der Waals surface area contributed by atoms with Crippen LogP contribution in [0.25, 0.3) is 0 Å². The van der Waals surface area contributed by atoms with Crippen LogP contribution >= 0.6 is 15.9 Å². The normalized spacial score (nSPS) is 13.0. The van der Waals surface area contributed by atoms with E-state index in [0.717, 1.165) is 10.0 Å². The molecule has 0 atom stereocenters. The number of benzene rings is 1. The van der Waals surface area contributed by atoms with Crippen LogP contribution in [-0.2, 0) is 13.0 Å². The summed E-state index contributed by atoms with van der Waals surface area (Å²) >= 11 is 3.34. The Morgan fingerprint density at radius 1 is 1.43 bits per heavy atom. The molecule has 0 fully saturated rings. The van der Waals surface area contributed by atoms with Gasteiger partial charge in [-0.15, -0.1) is 0 Å². The lowest BCUT2D eigenvalue weighted by molar-refractivity contribution is 0.0695. The first kappa shape index (κ1) is 15.7. The van der Waals surface area contributed by atoms with Crippen molar-refractivity contribution in [3.05, 3.63) is 55.7 Å². The van der Waals surface area contributed by atoms with Crippen molar-refractivity contribution in [3.63, 3.8) is 0 Å². The summed E-state index contributed by atoms with van der Waals surface area (Å²) in [7, 11) is 0. The molecule has 7 heteroatoms. The van der Waals surface area contributed by atoms with Gasteiger partial charge < -0.3 is 15.0 Å². The van der Waals surface area contributed by atoms with Crippen molar-refractivity contribution in [3.8, 4) is 0 Å². The number of nitrogens with zero attached hydrogens (tertiary/aromatic N) is 1. The van der Waals surface area contributed by atoms with Crippen LogP contribution in [0.3, 0.4) is 0 Å². The molecule has 3 rings (SSSR count). The van der Waals surface area contributed by atoms with Gasteiger partial charge in [-0.2, -0.15) is 4.39 Å². The van der Waals surface area contributed by atoms with Crippen molar-refractivity contribution < 1.29 is 14.3 Å². The molecule has 5 nitrogen and oxygen atoms in total. The maximum absolute atomic E-state index is 14.5. The maximum Gasteiger partial charge on any atom is 0.339 e. The SMILES string of the molecule is Cc1cc(Br)ccc1Nc1c(C(=O)O)c2n(c(=O)c1F)CCC2. The van der Waals surface area contributed by atoms with Crippen molar-refractivity contribution >= 4 is 33.3 Å². The summed E-state index contributed by atoms with van der Waals surface area (Å²) in [5.41, 5.74) is 0.525. The number of fused-ring (bicyclic) bond motifs is 1. The summed E-state index contributed by atoms with van der Waals surface area (Å²) in [4.78, 5) is 23.8. The van der Waals surface area contributed by atoms with Gasteiger partial charge >= 0.3 is 5.97 Å². The first-order chi connectivity index (χ1) is 10.9. The molecule has 0 radical (unpaired) electrons. The Bertz CT molecular complexity index is 877. The average Bonchev–Trinajstić information content (AvgIpc) is 2.96. The van der Waals surface area contributed by atoms with Gasteiger partial charge in [-0.3, -0.25) is 4.79 Å². The number of halogens is 2. The molecule has 0 amide bonds. The number of carboxylic acid groups (broad SMARTS) is 1. The lowest BCUT2D eigenvalue weighted by Gasteiger charge is -2.16. The standard InChI is InChI=1S/C16H14BrFN2O3/c1-8-7-9(17)4-5-10(8)19-14-12(16(22)23)11-3-2-6-20(11)15(21)13(14)18/h4-5,7,19H,2-3,6H2,1H3,(H,22,23). The largest absolute Gasteiger partial charge is 0.478 e. The number of hydrogen-bond donors (Lipinski definition) is 2. The van der Waals surface area contributed by atoms with E-state index in [9.17, 15) is 19.1 Å². The summed E-state index contributed by atoms with van der Waals surface area (Å²) in [6.45, 7) is 2.16. The number of hydrogen-bond acceptors (Lipinski definition) is 3. The molecule has 2 N–H and O–H groups in total. The number of aromatic nitrogens is 1. The van der Waals surface area contributed by atoms with E-state index in [1.54, 1.807) is 12.1 Å². The van der Waals surface area contributed by atoms with Crippen LogP contribution in [0.2, 0.25) is 0 Å². The minimum atomic E-state index is -1.24. The molecule has 0 spiro atoms. The average molecular weight is 381 g/mol. The van der Waals surface area contributed by atoms with Gasteiger partial charge in [0.15, 0.2) is 0 Å². The predicted octanol–water partition coefficient (Wildman–Crippen LogP) is 3.45. The zero-order chi connectivity index (χ0) is 16.7. The second-order valence-corrected chi connectivity index (χ2v) is 6.38. The molecule has 2 heterocycles. The number of carboxylic acids is 1. The topological polar surface area (TPSA) is 71.3 Å². The smallest absolute Gasteiger partial charge is 0.339 e. The Morgan fingerprint density at radius 3 is 2.83 bits per heavy atom. The highest BCUT2D eigenvalue weighted by Crippen LogP contribution is 2.30. The van der Waals surface area contributed by atoms with E-state index in [-0.39, 0.29) is 11.3 Å². The molecule has 1 aliphatic heterocycles. The Morgan fingerprint density at radius 2 is 2.17 bits per heavy atom. The Kier molecular flexibility index (Phi) is 3.97. The fourth-order valence-electron chi connectivity index (χ4n) is 2.89. The van der Waals surface area contributed by atoms with Crippen molar-refractivity contribution in [2.24, 2.45) is 0 Å². The van der Waals surface area contributed by atoms with Crippen LogP contribution in [0, 0.1) is 12.7 Å². The molecule has 0 bridgehead atoms. The van der Waals surface area contributed by atoms with E-state index in [2.05, 4.69) is 21.2 Å². The van der Waals surface area contributed by atoms with E-state index >= 15 is 0 Å². The number of carbonyl (C=O) groups is 1. The summed E-state index contributed by atoms with van der Waals surface area (Å²) in [5, 5.41) is 12.3. The van der Waals surface area contributed by atoms with Crippen molar-refractivity contribution in [2.75, 3.05) is 5.32 Å². The molecule has 0 saturated heterocycles. The lowest BCUT2D eigenvalue weighted by Crippen LogP contribution is -2.27. The van der Waals surface area contributed by atoms with Crippen LogP contribution in [-0.4, -0.2) is 15.6 Å². The third-order valence-corrected chi connectivity index (χ3v) is 4.47. The van der Waals surface area contributed by atoms with Crippen molar-refractivity contribution in [1.29, 1.82) is 0 Å². The highest BCUT2D eigenvalue weighted by molar-refractivity contribution is 9.10. The van der Waals surface area contributed by atoms with Gasteiger partial charge in [0.05, 0.1) is 5.69 Å². The van der Waals surface area contributed by atoms with Gasteiger partial charge in [0.2, 0.25) is 5.82 Å². The summed E-state index contributed by atoms with van der Waals surface area (Å²) in [6, 6.07) is 5.28. The second kappa shape index (κ2) is 5.81. The number of aromatic carboxylic acids is 1. The zero-order valence-corrected chi connectivity index (χ0v) is 13.9. The van der Waals surface area contributed by atoms with Gasteiger partial charge in [0, 0.05) is 22.4 Å². The number of anilines is 2. The Balaban J connectivity index is 2.21. The van der Waals surface area contributed by atoms with Crippen LogP contribution < -0.4 is 10.9 Å². The van der Waals surface area contributed by atoms with E-state index in [0.29, 0.717) is 30.8 Å². The minimum absolute atomic E-state index is 0.165. The van der Waals surface area contributed by atoms with Crippen LogP contribution in [0.5, 0.6) is 0 Å². The zero-order valence-electron chi connectivity index (χ0n) is 12.3. The third kappa shape index (κ3) is 2.65. The molecule has 2 aromatic rings. The van der Waals surface area contributed by atoms with Gasteiger partial charge in [0.25, 0.3) is 5.56 Å². The van der Waals surface area contributed by atoms with E-state index in [4.69, 9.17) is 0 Å². The monoisotopic (exact) mass is 380 g/mol. The fraction of sp³-hybridized carbons (Fsp3) is 0.250. The lowest BCUT2D eigenvalue weighted by atomic mass is 10.1. The predicted molar refractivity (Wildman–Crippen MR) is 88.1 cm³/mol. The summed E-state index contributed by atoms with van der Waals surface area (Å²) in [5.74, 6) is -2.30. The van der Waals surface area contributed by atoms with Gasteiger partial charge in [-0.25, -0.2) is 4.79 Å². The molecule has 1 aromatic carbocycles. The molecule has 0 unspecified atom stereocenters. The molecule has 0 saturated carbocycles. The van der Waals surface area contributed by atoms with E-state index in [1.165, 1.54) is 4.57 Å². The third-order valence-electron chi connectivity index (χ3n) is 3.97. The first-order valence-corrected chi connectivity index (χ1v) is 7.91. The maximum atomic E-state index is 14.5. The Labute approximate surface area is 139 Å². The quantitative estimate of drug-likeness (QED) is 0.855. The molecular weight excluding hydrogens is 367 g/mol. The fourth-order valence-corrected chi connectivity index (χ4v) is 3.36. The summed E-state index contributed by atoms with van der Waals surface area (Å²) < 4.78 is 16.6. The number of rotatable bonds is 3. The highest BCUT2D eigenvalue weighted by atomic mass is 79.9. The van der Waals surface area contributed by atoms with E-state index < -0.39 is 17.3 Å².